The lowest BCUT2D eigenvalue weighted by atomic mass is 10.2. The van der Waals surface area contributed by atoms with Crippen molar-refractivity contribution in [2.45, 2.75) is 11.8 Å². The molecule has 0 saturated heterocycles. The highest BCUT2D eigenvalue weighted by atomic mass is 32.2. The second kappa shape index (κ2) is 8.66. The first-order valence-electron chi connectivity index (χ1n) is 8.76. The van der Waals surface area contributed by atoms with Gasteiger partial charge in [0.05, 0.1) is 0 Å². The number of nitrogens with one attached hydrogen (secondary N) is 2. The van der Waals surface area contributed by atoms with Gasteiger partial charge in [-0.1, -0.05) is 35.9 Å². The highest BCUT2D eigenvalue weighted by Crippen LogP contribution is 2.27. The van der Waals surface area contributed by atoms with Gasteiger partial charge in [0.25, 0.3) is 0 Å². The summed E-state index contributed by atoms with van der Waals surface area (Å²) in [5.74, 6) is -1.77. The van der Waals surface area contributed by atoms with Crippen molar-refractivity contribution >= 4 is 33.5 Å². The van der Waals surface area contributed by atoms with Gasteiger partial charge in [0, 0.05) is 11.4 Å². The number of hydrogen-bond donors (Lipinski definition) is 3. The SMILES string of the molecule is Cc1ccc(S(=O)(=O)Oc2ccc(NC(=O)Nc3ccccc3)cc2C(=O)O)cc1. The fourth-order valence-electron chi connectivity index (χ4n) is 2.53. The molecule has 0 bridgehead atoms. The minimum absolute atomic E-state index is 0.103. The summed E-state index contributed by atoms with van der Waals surface area (Å²) in [6.45, 7) is 1.81. The molecule has 3 N–H and O–H groups in total. The Morgan fingerprint density at radius 3 is 2.13 bits per heavy atom. The summed E-state index contributed by atoms with van der Waals surface area (Å²) in [5, 5.41) is 14.5. The van der Waals surface area contributed by atoms with Crippen LogP contribution in [0.25, 0.3) is 0 Å². The van der Waals surface area contributed by atoms with E-state index in [0.717, 1.165) is 11.6 Å². The number of para-hydroxylation sites is 1. The summed E-state index contributed by atoms with van der Waals surface area (Å²) in [6, 6.07) is 17.7. The van der Waals surface area contributed by atoms with Gasteiger partial charge in [-0.3, -0.25) is 0 Å². The normalized spacial score (nSPS) is 10.8. The molecule has 0 aliphatic rings. The van der Waals surface area contributed by atoms with Crippen molar-refractivity contribution in [2.75, 3.05) is 10.6 Å². The lowest BCUT2D eigenvalue weighted by Crippen LogP contribution is -2.20. The molecule has 30 heavy (non-hydrogen) atoms. The Kier molecular flexibility index (Phi) is 6.03. The van der Waals surface area contributed by atoms with Gasteiger partial charge < -0.3 is 19.9 Å². The number of carboxylic acids is 1. The quantitative estimate of drug-likeness (QED) is 0.510. The highest BCUT2D eigenvalue weighted by Gasteiger charge is 2.21. The van der Waals surface area contributed by atoms with Crippen LogP contribution in [0.5, 0.6) is 5.75 Å². The van der Waals surface area contributed by atoms with Gasteiger partial charge >= 0.3 is 22.1 Å². The van der Waals surface area contributed by atoms with E-state index in [9.17, 15) is 23.1 Å². The number of carbonyl (C=O) groups excluding carboxylic acids is 1. The minimum atomic E-state index is -4.23. The average Bonchev–Trinajstić information content (AvgIpc) is 2.70. The van der Waals surface area contributed by atoms with E-state index >= 15 is 0 Å². The van der Waals surface area contributed by atoms with E-state index < -0.39 is 27.7 Å². The molecule has 0 aliphatic heterocycles. The maximum atomic E-state index is 12.5. The Bertz CT molecular complexity index is 1180. The van der Waals surface area contributed by atoms with E-state index in [-0.39, 0.29) is 16.3 Å². The van der Waals surface area contributed by atoms with Gasteiger partial charge in [0.1, 0.15) is 10.5 Å². The average molecular weight is 426 g/mol. The molecule has 0 saturated carbocycles. The zero-order valence-corrected chi connectivity index (χ0v) is 16.6. The topological polar surface area (TPSA) is 122 Å². The summed E-state index contributed by atoms with van der Waals surface area (Å²) in [6.07, 6.45) is 0. The van der Waals surface area contributed by atoms with Crippen LogP contribution in [0, 0.1) is 6.92 Å². The van der Waals surface area contributed by atoms with Gasteiger partial charge in [-0.15, -0.1) is 0 Å². The van der Waals surface area contributed by atoms with E-state index in [0.29, 0.717) is 5.69 Å². The van der Waals surface area contributed by atoms with Crippen LogP contribution in [0.2, 0.25) is 0 Å². The molecule has 3 aromatic carbocycles. The third-order valence-electron chi connectivity index (χ3n) is 4.01. The van der Waals surface area contributed by atoms with E-state index in [1.165, 1.54) is 24.3 Å². The highest BCUT2D eigenvalue weighted by molar-refractivity contribution is 7.87. The molecule has 3 aromatic rings. The van der Waals surface area contributed by atoms with E-state index in [2.05, 4.69) is 10.6 Å². The largest absolute Gasteiger partial charge is 0.478 e. The number of carbonyl (C=O) groups is 2. The van der Waals surface area contributed by atoms with E-state index in [1.807, 2.05) is 0 Å². The molecule has 8 nitrogen and oxygen atoms in total. The van der Waals surface area contributed by atoms with Crippen LogP contribution >= 0.6 is 0 Å². The lowest BCUT2D eigenvalue weighted by Gasteiger charge is -2.12. The Morgan fingerprint density at radius 2 is 1.50 bits per heavy atom. The van der Waals surface area contributed by atoms with Crippen molar-refractivity contribution in [1.29, 1.82) is 0 Å². The minimum Gasteiger partial charge on any atom is -0.478 e. The van der Waals surface area contributed by atoms with Crippen molar-refractivity contribution in [3.63, 3.8) is 0 Å². The smallest absolute Gasteiger partial charge is 0.339 e. The fraction of sp³-hybridized carbons (Fsp3) is 0.0476. The number of benzene rings is 3. The molecule has 2 amide bonds. The second-order valence-corrected chi connectivity index (χ2v) is 7.86. The molecule has 0 atom stereocenters. The molecule has 0 fully saturated rings. The van der Waals surface area contributed by atoms with Crippen molar-refractivity contribution < 1.29 is 27.3 Å². The van der Waals surface area contributed by atoms with Crippen LogP contribution in [-0.4, -0.2) is 25.5 Å². The first kappa shape index (κ1) is 20.9. The monoisotopic (exact) mass is 426 g/mol. The first-order chi connectivity index (χ1) is 14.2. The third kappa shape index (κ3) is 5.15. The van der Waals surface area contributed by atoms with E-state index in [1.54, 1.807) is 49.4 Å². The second-order valence-electron chi connectivity index (χ2n) is 6.31. The van der Waals surface area contributed by atoms with Gasteiger partial charge in [0.15, 0.2) is 5.75 Å². The van der Waals surface area contributed by atoms with Crippen LogP contribution < -0.4 is 14.8 Å². The summed E-state index contributed by atoms with van der Waals surface area (Å²) in [5.41, 5.74) is 1.16. The number of rotatable bonds is 6. The standard InChI is InChI=1S/C21H18N2O6S/c1-14-7-10-17(11-8-14)30(27,28)29-19-12-9-16(13-18(19)20(24)25)23-21(26)22-15-5-3-2-4-6-15/h2-13H,1H3,(H,24,25)(H2,22,23,26). The van der Waals surface area contributed by atoms with Crippen LogP contribution in [-0.2, 0) is 10.1 Å². The molecular formula is C21H18N2O6S. The number of carboxylic acid groups (broad SMARTS) is 1. The number of hydrogen-bond acceptors (Lipinski definition) is 5. The summed E-state index contributed by atoms with van der Waals surface area (Å²) in [7, 11) is -4.23. The van der Waals surface area contributed by atoms with Crippen LogP contribution in [0.15, 0.2) is 77.7 Å². The summed E-state index contributed by atoms with van der Waals surface area (Å²) < 4.78 is 30.0. The fourth-order valence-corrected chi connectivity index (χ4v) is 3.48. The number of urea groups is 1. The van der Waals surface area contributed by atoms with Gasteiger partial charge in [-0.25, -0.2) is 9.59 Å². The zero-order valence-electron chi connectivity index (χ0n) is 15.8. The summed E-state index contributed by atoms with van der Waals surface area (Å²) >= 11 is 0. The molecular weight excluding hydrogens is 408 g/mol. The molecule has 9 heteroatoms. The van der Waals surface area contributed by atoms with Gasteiger partial charge in [0.2, 0.25) is 0 Å². The Hall–Kier alpha value is -3.85. The molecule has 3 rings (SSSR count). The predicted octanol–water partition coefficient (Wildman–Crippen LogP) is 4.10. The van der Waals surface area contributed by atoms with E-state index in [4.69, 9.17) is 4.18 Å². The Labute approximate surface area is 173 Å². The molecule has 154 valence electrons. The van der Waals surface area contributed by atoms with Crippen LogP contribution in [0.4, 0.5) is 16.2 Å². The Morgan fingerprint density at radius 1 is 0.867 bits per heavy atom. The number of amides is 2. The molecule has 0 aliphatic carbocycles. The summed E-state index contributed by atoms with van der Waals surface area (Å²) in [4.78, 5) is 23.6. The number of aromatic carboxylic acids is 1. The van der Waals surface area contributed by atoms with Gasteiger partial charge in [-0.2, -0.15) is 8.42 Å². The predicted molar refractivity (Wildman–Crippen MR) is 111 cm³/mol. The maximum Gasteiger partial charge on any atom is 0.339 e. The van der Waals surface area contributed by atoms with Crippen molar-refractivity contribution in [1.82, 2.24) is 0 Å². The molecule has 0 unspecified atom stereocenters. The number of anilines is 2. The molecule has 0 aromatic heterocycles. The van der Waals surface area contributed by atoms with Crippen molar-refractivity contribution in [3.05, 3.63) is 83.9 Å². The first-order valence-corrected chi connectivity index (χ1v) is 10.2. The van der Waals surface area contributed by atoms with Crippen molar-refractivity contribution in [2.24, 2.45) is 0 Å². The van der Waals surface area contributed by atoms with Gasteiger partial charge in [-0.05, 0) is 49.4 Å². The van der Waals surface area contributed by atoms with Crippen LogP contribution in [0.3, 0.4) is 0 Å². The lowest BCUT2D eigenvalue weighted by molar-refractivity contribution is 0.0695. The Balaban J connectivity index is 1.80. The molecule has 0 radical (unpaired) electrons. The number of aryl methyl sites for hydroxylation is 1. The maximum absolute atomic E-state index is 12.5. The molecule has 0 heterocycles. The van der Waals surface area contributed by atoms with Crippen molar-refractivity contribution in [3.8, 4) is 5.75 Å². The molecule has 0 spiro atoms. The zero-order chi connectivity index (χ0) is 21.7. The van der Waals surface area contributed by atoms with Crippen LogP contribution in [0.1, 0.15) is 15.9 Å². The third-order valence-corrected chi connectivity index (χ3v) is 5.26.